The molecule has 0 saturated heterocycles. The van der Waals surface area contributed by atoms with Crippen LogP contribution in [-0.4, -0.2) is 21.6 Å². The Morgan fingerprint density at radius 3 is 3.08 bits per heavy atom. The number of thioether (sulfide) groups is 1. The fourth-order valence-electron chi connectivity index (χ4n) is 3.24. The number of carbonyl (C=O) groups is 1. The third-order valence-electron chi connectivity index (χ3n) is 4.54. The SMILES string of the molecule is C[C@H]1CCc2c(sc3ncnc(SCC(=O)Nc4ccccc4F)c23)C1. The number of hydrogen-bond acceptors (Lipinski definition) is 5. The number of rotatable bonds is 4. The molecule has 0 fully saturated rings. The molecule has 2 aromatic heterocycles. The maximum Gasteiger partial charge on any atom is 0.234 e. The lowest BCUT2D eigenvalue weighted by Gasteiger charge is -2.18. The molecule has 7 heteroatoms. The van der Waals surface area contributed by atoms with Gasteiger partial charge in [0.2, 0.25) is 5.91 Å². The van der Waals surface area contributed by atoms with Gasteiger partial charge in [-0.15, -0.1) is 11.3 Å². The van der Waals surface area contributed by atoms with Crippen LogP contribution < -0.4 is 5.32 Å². The average Bonchev–Trinajstić information content (AvgIpc) is 3.00. The molecule has 0 saturated carbocycles. The van der Waals surface area contributed by atoms with E-state index in [9.17, 15) is 9.18 Å². The van der Waals surface area contributed by atoms with Gasteiger partial charge in [0.05, 0.1) is 11.4 Å². The van der Waals surface area contributed by atoms with Crippen molar-refractivity contribution in [3.63, 3.8) is 0 Å². The van der Waals surface area contributed by atoms with Crippen LogP contribution in [0.2, 0.25) is 0 Å². The van der Waals surface area contributed by atoms with E-state index in [0.717, 1.165) is 28.1 Å². The molecular formula is C19H18FN3OS2. The first-order chi connectivity index (χ1) is 12.6. The van der Waals surface area contributed by atoms with E-state index < -0.39 is 5.82 Å². The summed E-state index contributed by atoms with van der Waals surface area (Å²) in [5, 5.41) is 4.55. The Kier molecular flexibility index (Phi) is 4.91. The Balaban J connectivity index is 1.52. The van der Waals surface area contributed by atoms with E-state index in [-0.39, 0.29) is 17.3 Å². The van der Waals surface area contributed by atoms with E-state index in [2.05, 4.69) is 22.2 Å². The molecule has 0 spiro atoms. The summed E-state index contributed by atoms with van der Waals surface area (Å²) in [4.78, 5) is 23.4. The first-order valence-corrected chi connectivity index (χ1v) is 10.3. The van der Waals surface area contributed by atoms with Crippen LogP contribution in [0, 0.1) is 11.7 Å². The molecule has 26 heavy (non-hydrogen) atoms. The summed E-state index contributed by atoms with van der Waals surface area (Å²) >= 11 is 3.12. The Labute approximate surface area is 159 Å². The van der Waals surface area contributed by atoms with Gasteiger partial charge in [0.25, 0.3) is 0 Å². The van der Waals surface area contributed by atoms with Crippen LogP contribution in [-0.2, 0) is 17.6 Å². The zero-order chi connectivity index (χ0) is 18.1. The lowest BCUT2D eigenvalue weighted by Crippen LogP contribution is -2.15. The van der Waals surface area contributed by atoms with Gasteiger partial charge >= 0.3 is 0 Å². The number of anilines is 1. The van der Waals surface area contributed by atoms with Crippen molar-refractivity contribution in [2.75, 3.05) is 11.1 Å². The highest BCUT2D eigenvalue weighted by Gasteiger charge is 2.23. The lowest BCUT2D eigenvalue weighted by atomic mass is 9.89. The molecule has 4 nitrogen and oxygen atoms in total. The van der Waals surface area contributed by atoms with Crippen molar-refractivity contribution in [3.8, 4) is 0 Å². The lowest BCUT2D eigenvalue weighted by molar-refractivity contribution is -0.113. The van der Waals surface area contributed by atoms with E-state index in [1.807, 2.05) is 0 Å². The molecular weight excluding hydrogens is 369 g/mol. The standard InChI is InChI=1S/C19H18FN3OS2/c1-11-6-7-12-15(8-11)26-19-17(12)18(21-10-22-19)25-9-16(24)23-14-5-3-2-4-13(14)20/h2-5,10-11H,6-9H2,1H3,(H,23,24)/t11-/m0/s1. The van der Waals surface area contributed by atoms with Gasteiger partial charge in [0.1, 0.15) is 22.0 Å². The molecule has 134 valence electrons. The normalized spacial score (nSPS) is 16.5. The number of aryl methyl sites for hydroxylation is 1. The van der Waals surface area contributed by atoms with Crippen molar-refractivity contribution in [1.82, 2.24) is 9.97 Å². The van der Waals surface area contributed by atoms with E-state index in [0.29, 0.717) is 5.92 Å². The number of hydrogen-bond donors (Lipinski definition) is 1. The van der Waals surface area contributed by atoms with Gasteiger partial charge in [-0.25, -0.2) is 14.4 Å². The van der Waals surface area contributed by atoms with Crippen LogP contribution >= 0.6 is 23.1 Å². The molecule has 1 aromatic carbocycles. The molecule has 0 aliphatic heterocycles. The van der Waals surface area contributed by atoms with E-state index in [1.165, 1.54) is 34.7 Å². The van der Waals surface area contributed by atoms with E-state index in [4.69, 9.17) is 0 Å². The zero-order valence-corrected chi connectivity index (χ0v) is 15.9. The number of fused-ring (bicyclic) bond motifs is 3. The number of carbonyl (C=O) groups excluding carboxylic acids is 1. The smallest absolute Gasteiger partial charge is 0.234 e. The predicted molar refractivity (Wildman–Crippen MR) is 104 cm³/mol. The third kappa shape index (κ3) is 3.46. The van der Waals surface area contributed by atoms with Crippen LogP contribution in [0.15, 0.2) is 35.6 Å². The summed E-state index contributed by atoms with van der Waals surface area (Å²) in [6.45, 7) is 2.28. The highest BCUT2D eigenvalue weighted by atomic mass is 32.2. The summed E-state index contributed by atoms with van der Waals surface area (Å²) in [5.41, 5.74) is 1.55. The quantitative estimate of drug-likeness (QED) is 0.521. The number of nitrogens with one attached hydrogen (secondary N) is 1. The van der Waals surface area contributed by atoms with Gasteiger partial charge in [-0.3, -0.25) is 4.79 Å². The van der Waals surface area contributed by atoms with Crippen LogP contribution in [0.4, 0.5) is 10.1 Å². The molecule has 2 heterocycles. The maximum atomic E-state index is 13.7. The van der Waals surface area contributed by atoms with Crippen LogP contribution in [0.25, 0.3) is 10.2 Å². The van der Waals surface area contributed by atoms with Crippen molar-refractivity contribution in [2.45, 2.75) is 31.2 Å². The molecule has 1 atom stereocenters. The highest BCUT2D eigenvalue weighted by molar-refractivity contribution is 8.00. The van der Waals surface area contributed by atoms with Gasteiger partial charge in [0.15, 0.2) is 0 Å². The van der Waals surface area contributed by atoms with E-state index >= 15 is 0 Å². The van der Waals surface area contributed by atoms with Gasteiger partial charge in [-0.05, 0) is 42.9 Å². The Morgan fingerprint density at radius 2 is 2.23 bits per heavy atom. The summed E-state index contributed by atoms with van der Waals surface area (Å²) in [5.74, 6) is 0.202. The summed E-state index contributed by atoms with van der Waals surface area (Å²) < 4.78 is 13.7. The molecule has 4 rings (SSSR count). The summed E-state index contributed by atoms with van der Waals surface area (Å²) in [6, 6.07) is 6.17. The molecule has 0 radical (unpaired) electrons. The fourth-order valence-corrected chi connectivity index (χ4v) is 5.48. The van der Waals surface area contributed by atoms with Gasteiger partial charge in [-0.2, -0.15) is 0 Å². The van der Waals surface area contributed by atoms with Crippen molar-refractivity contribution in [1.29, 1.82) is 0 Å². The van der Waals surface area contributed by atoms with Crippen molar-refractivity contribution in [3.05, 3.63) is 46.9 Å². The number of halogens is 1. The van der Waals surface area contributed by atoms with Crippen LogP contribution in [0.3, 0.4) is 0 Å². The second kappa shape index (κ2) is 7.32. The number of aromatic nitrogens is 2. The van der Waals surface area contributed by atoms with Crippen molar-refractivity contribution >= 4 is 44.9 Å². The molecule has 0 bridgehead atoms. The van der Waals surface area contributed by atoms with Crippen molar-refractivity contribution < 1.29 is 9.18 Å². The number of benzene rings is 1. The fraction of sp³-hybridized carbons (Fsp3) is 0.316. The molecule has 0 unspecified atom stereocenters. The first-order valence-electron chi connectivity index (χ1n) is 8.54. The molecule has 1 aliphatic rings. The monoisotopic (exact) mass is 387 g/mol. The summed E-state index contributed by atoms with van der Waals surface area (Å²) in [6.07, 6.45) is 4.86. The second-order valence-corrected chi connectivity index (χ2v) is 8.58. The Hall–Kier alpha value is -1.99. The van der Waals surface area contributed by atoms with Gasteiger partial charge in [-0.1, -0.05) is 30.8 Å². The predicted octanol–water partition coefficient (Wildman–Crippen LogP) is 4.69. The highest BCUT2D eigenvalue weighted by Crippen LogP contribution is 2.40. The first kappa shape index (κ1) is 17.4. The minimum Gasteiger partial charge on any atom is -0.323 e. The minimum atomic E-state index is -0.434. The Bertz CT molecular complexity index is 973. The number of thiophene rings is 1. The average molecular weight is 388 g/mol. The third-order valence-corrected chi connectivity index (χ3v) is 6.70. The second-order valence-electron chi connectivity index (χ2n) is 6.53. The summed E-state index contributed by atoms with van der Waals surface area (Å²) in [7, 11) is 0. The largest absolute Gasteiger partial charge is 0.323 e. The van der Waals surface area contributed by atoms with E-state index in [1.54, 1.807) is 35.9 Å². The van der Waals surface area contributed by atoms with Crippen LogP contribution in [0.1, 0.15) is 23.8 Å². The molecule has 3 aromatic rings. The number of para-hydroxylation sites is 1. The number of nitrogens with zero attached hydrogens (tertiary/aromatic N) is 2. The van der Waals surface area contributed by atoms with Gasteiger partial charge in [0, 0.05) is 10.3 Å². The van der Waals surface area contributed by atoms with Crippen LogP contribution in [0.5, 0.6) is 0 Å². The zero-order valence-electron chi connectivity index (χ0n) is 14.3. The molecule has 1 N–H and O–H groups in total. The molecule has 1 aliphatic carbocycles. The Morgan fingerprint density at radius 1 is 1.38 bits per heavy atom. The topological polar surface area (TPSA) is 54.9 Å². The van der Waals surface area contributed by atoms with Gasteiger partial charge < -0.3 is 5.32 Å². The van der Waals surface area contributed by atoms with Crippen molar-refractivity contribution in [2.24, 2.45) is 5.92 Å². The minimum absolute atomic E-state index is 0.182. The molecule has 1 amide bonds. The number of amides is 1. The maximum absolute atomic E-state index is 13.7.